The zero-order valence-electron chi connectivity index (χ0n) is 10.9. The monoisotopic (exact) mass is 266 g/mol. The number of likely N-dealkylation sites (tertiary alicyclic amines) is 1. The van der Waals surface area contributed by atoms with E-state index in [4.69, 9.17) is 9.52 Å². The van der Waals surface area contributed by atoms with Crippen molar-refractivity contribution in [3.63, 3.8) is 0 Å². The molecule has 1 fully saturated rings. The molecule has 1 unspecified atom stereocenters. The van der Waals surface area contributed by atoms with Gasteiger partial charge in [0.05, 0.1) is 6.54 Å². The summed E-state index contributed by atoms with van der Waals surface area (Å²) in [6, 6.07) is 3.14. The zero-order valence-corrected chi connectivity index (χ0v) is 10.9. The van der Waals surface area contributed by atoms with Crippen LogP contribution in [0, 0.1) is 0 Å². The Morgan fingerprint density at radius 2 is 2.32 bits per heavy atom. The second-order valence-electron chi connectivity index (χ2n) is 4.63. The second-order valence-corrected chi connectivity index (χ2v) is 4.63. The van der Waals surface area contributed by atoms with Crippen molar-refractivity contribution in [2.24, 2.45) is 0 Å². The summed E-state index contributed by atoms with van der Waals surface area (Å²) in [6.07, 6.45) is 3.04. The summed E-state index contributed by atoms with van der Waals surface area (Å²) < 4.78 is 5.08. The van der Waals surface area contributed by atoms with Gasteiger partial charge in [-0.2, -0.15) is 0 Å². The van der Waals surface area contributed by atoms with Crippen molar-refractivity contribution in [1.82, 2.24) is 10.2 Å². The lowest BCUT2D eigenvalue weighted by Gasteiger charge is -2.23. The molecule has 104 valence electrons. The summed E-state index contributed by atoms with van der Waals surface area (Å²) in [5.74, 6) is -0.780. The van der Waals surface area contributed by atoms with E-state index in [2.05, 4.69) is 12.2 Å². The van der Waals surface area contributed by atoms with Crippen LogP contribution in [0.3, 0.4) is 0 Å². The summed E-state index contributed by atoms with van der Waals surface area (Å²) in [6.45, 7) is 3.06. The normalized spacial score (nSPS) is 18.6. The van der Waals surface area contributed by atoms with Crippen LogP contribution in [0.25, 0.3) is 0 Å². The Hall–Kier alpha value is -1.98. The summed E-state index contributed by atoms with van der Waals surface area (Å²) in [5.41, 5.74) is 0. The quantitative estimate of drug-likeness (QED) is 0.873. The van der Waals surface area contributed by atoms with Crippen LogP contribution in [-0.4, -0.2) is 34.6 Å². The van der Waals surface area contributed by atoms with Crippen LogP contribution in [0.5, 0.6) is 0 Å². The number of nitrogens with zero attached hydrogens (tertiary/aromatic N) is 1. The van der Waals surface area contributed by atoms with Gasteiger partial charge in [-0.3, -0.25) is 0 Å². The lowest BCUT2D eigenvalue weighted by Crippen LogP contribution is -2.42. The van der Waals surface area contributed by atoms with Crippen LogP contribution in [0.2, 0.25) is 0 Å². The predicted molar refractivity (Wildman–Crippen MR) is 67.9 cm³/mol. The third-order valence-corrected chi connectivity index (χ3v) is 3.40. The Morgan fingerprint density at radius 3 is 2.95 bits per heavy atom. The van der Waals surface area contributed by atoms with E-state index in [0.29, 0.717) is 11.8 Å². The molecule has 0 saturated carbocycles. The van der Waals surface area contributed by atoms with E-state index in [-0.39, 0.29) is 18.3 Å². The van der Waals surface area contributed by atoms with Crippen LogP contribution >= 0.6 is 0 Å². The van der Waals surface area contributed by atoms with Gasteiger partial charge in [-0.25, -0.2) is 9.59 Å². The van der Waals surface area contributed by atoms with Crippen molar-refractivity contribution < 1.29 is 19.1 Å². The number of aromatic carboxylic acids is 1. The van der Waals surface area contributed by atoms with Gasteiger partial charge in [-0.05, 0) is 31.4 Å². The lowest BCUT2D eigenvalue weighted by molar-refractivity contribution is 0.0660. The molecule has 2 rings (SSSR count). The smallest absolute Gasteiger partial charge is 0.371 e. The molecule has 1 aromatic rings. The lowest BCUT2D eigenvalue weighted by atomic mass is 10.2. The van der Waals surface area contributed by atoms with Gasteiger partial charge in [0.2, 0.25) is 5.76 Å². The molecule has 0 radical (unpaired) electrons. The minimum Gasteiger partial charge on any atom is -0.475 e. The fourth-order valence-corrected chi connectivity index (χ4v) is 2.38. The molecule has 19 heavy (non-hydrogen) atoms. The predicted octanol–water partition coefficient (Wildman–Crippen LogP) is 2.06. The third kappa shape index (κ3) is 3.07. The van der Waals surface area contributed by atoms with Crippen molar-refractivity contribution in [3.05, 3.63) is 23.7 Å². The van der Waals surface area contributed by atoms with Crippen molar-refractivity contribution >= 4 is 12.0 Å². The summed E-state index contributed by atoms with van der Waals surface area (Å²) in [7, 11) is 0. The number of carboxylic acid groups (broad SMARTS) is 1. The molecule has 2 amide bonds. The second kappa shape index (κ2) is 5.77. The summed E-state index contributed by atoms with van der Waals surface area (Å²) >= 11 is 0. The molecule has 2 heterocycles. The van der Waals surface area contributed by atoms with E-state index in [1.54, 1.807) is 6.07 Å². The average Bonchev–Trinajstić information content (AvgIpc) is 3.04. The third-order valence-electron chi connectivity index (χ3n) is 3.40. The van der Waals surface area contributed by atoms with E-state index < -0.39 is 5.97 Å². The molecule has 1 atom stereocenters. The standard InChI is InChI=1S/C13H18N2O4/c1-2-9-4-3-7-15(9)13(18)14-8-10-5-6-11(19-10)12(16)17/h5-6,9H,2-4,7-8H2,1H3,(H,14,18)(H,16,17). The Morgan fingerprint density at radius 1 is 1.53 bits per heavy atom. The van der Waals surface area contributed by atoms with E-state index in [0.717, 1.165) is 25.8 Å². The molecule has 6 heteroatoms. The maximum atomic E-state index is 12.0. The number of urea groups is 1. The molecule has 1 aliphatic heterocycles. The Labute approximate surface area is 111 Å². The van der Waals surface area contributed by atoms with Gasteiger partial charge in [-0.15, -0.1) is 0 Å². The highest BCUT2D eigenvalue weighted by Gasteiger charge is 2.27. The molecule has 6 nitrogen and oxygen atoms in total. The van der Waals surface area contributed by atoms with Gasteiger partial charge in [0, 0.05) is 12.6 Å². The van der Waals surface area contributed by atoms with Gasteiger partial charge in [-0.1, -0.05) is 6.92 Å². The van der Waals surface area contributed by atoms with Crippen LogP contribution in [0.4, 0.5) is 4.79 Å². The van der Waals surface area contributed by atoms with Crippen LogP contribution in [0.15, 0.2) is 16.5 Å². The van der Waals surface area contributed by atoms with Crippen molar-refractivity contribution in [3.8, 4) is 0 Å². The number of carbonyl (C=O) groups is 2. The summed E-state index contributed by atoms with van der Waals surface area (Å²) in [4.78, 5) is 24.5. The van der Waals surface area contributed by atoms with Gasteiger partial charge in [0.25, 0.3) is 0 Å². The number of hydrogen-bond donors (Lipinski definition) is 2. The van der Waals surface area contributed by atoms with Crippen LogP contribution < -0.4 is 5.32 Å². The first-order chi connectivity index (χ1) is 9.11. The van der Waals surface area contributed by atoms with Crippen molar-refractivity contribution in [2.45, 2.75) is 38.8 Å². The van der Waals surface area contributed by atoms with Crippen molar-refractivity contribution in [2.75, 3.05) is 6.54 Å². The maximum Gasteiger partial charge on any atom is 0.371 e. The number of carbonyl (C=O) groups excluding carboxylic acids is 1. The first-order valence-corrected chi connectivity index (χ1v) is 6.48. The first-order valence-electron chi connectivity index (χ1n) is 6.48. The molecule has 1 aromatic heterocycles. The first kappa shape index (κ1) is 13.5. The Balaban J connectivity index is 1.87. The summed E-state index contributed by atoms with van der Waals surface area (Å²) in [5, 5.41) is 11.5. The maximum absolute atomic E-state index is 12.0. The zero-order chi connectivity index (χ0) is 13.8. The molecule has 1 saturated heterocycles. The number of carboxylic acids is 1. The van der Waals surface area contributed by atoms with E-state index in [1.165, 1.54) is 6.07 Å². The van der Waals surface area contributed by atoms with E-state index >= 15 is 0 Å². The minimum absolute atomic E-state index is 0.113. The number of nitrogens with one attached hydrogen (secondary N) is 1. The molecule has 0 spiro atoms. The van der Waals surface area contributed by atoms with Gasteiger partial charge in [0.1, 0.15) is 5.76 Å². The Bertz CT molecular complexity index is 469. The fourth-order valence-electron chi connectivity index (χ4n) is 2.38. The molecule has 0 aliphatic carbocycles. The fraction of sp³-hybridized carbons (Fsp3) is 0.538. The number of hydrogen-bond acceptors (Lipinski definition) is 3. The Kier molecular flexibility index (Phi) is 4.09. The highest BCUT2D eigenvalue weighted by Crippen LogP contribution is 2.19. The van der Waals surface area contributed by atoms with E-state index in [9.17, 15) is 9.59 Å². The molecule has 0 aromatic carbocycles. The largest absolute Gasteiger partial charge is 0.475 e. The minimum atomic E-state index is -1.11. The topological polar surface area (TPSA) is 82.8 Å². The SMILES string of the molecule is CCC1CCCN1C(=O)NCc1ccc(C(=O)O)o1. The highest BCUT2D eigenvalue weighted by molar-refractivity contribution is 5.84. The van der Waals surface area contributed by atoms with E-state index in [1.807, 2.05) is 4.90 Å². The number of amides is 2. The average molecular weight is 266 g/mol. The van der Waals surface area contributed by atoms with Gasteiger partial charge >= 0.3 is 12.0 Å². The van der Waals surface area contributed by atoms with Gasteiger partial charge in [0.15, 0.2) is 0 Å². The van der Waals surface area contributed by atoms with Gasteiger partial charge < -0.3 is 19.7 Å². The molecule has 2 N–H and O–H groups in total. The highest BCUT2D eigenvalue weighted by atomic mass is 16.4. The molecular weight excluding hydrogens is 248 g/mol. The number of rotatable bonds is 4. The number of furan rings is 1. The molecule has 0 bridgehead atoms. The molecule has 1 aliphatic rings. The molecular formula is C13H18N2O4. The van der Waals surface area contributed by atoms with Crippen LogP contribution in [0.1, 0.15) is 42.5 Å². The van der Waals surface area contributed by atoms with Crippen molar-refractivity contribution in [1.29, 1.82) is 0 Å². The van der Waals surface area contributed by atoms with Crippen LogP contribution in [-0.2, 0) is 6.54 Å².